The van der Waals surface area contributed by atoms with Crippen LogP contribution in [0, 0.1) is 13.8 Å². The maximum atomic E-state index is 4.30. The predicted molar refractivity (Wildman–Crippen MR) is 95.0 cm³/mol. The van der Waals surface area contributed by atoms with Crippen molar-refractivity contribution in [3.8, 4) is 0 Å². The summed E-state index contributed by atoms with van der Waals surface area (Å²) in [6, 6.07) is 18.4. The highest BCUT2D eigenvalue weighted by atomic mass is 15.1. The van der Waals surface area contributed by atoms with Crippen molar-refractivity contribution in [1.82, 2.24) is 9.97 Å². The number of hydrogen-bond donors (Lipinski definition) is 2. The van der Waals surface area contributed by atoms with Crippen molar-refractivity contribution in [2.45, 2.75) is 20.4 Å². The van der Waals surface area contributed by atoms with E-state index in [2.05, 4.69) is 58.7 Å². The molecule has 3 rings (SSSR count). The maximum absolute atomic E-state index is 4.30. The van der Waals surface area contributed by atoms with Gasteiger partial charge in [0, 0.05) is 18.3 Å². The molecular weight excluding hydrogens is 284 g/mol. The Kier molecular flexibility index (Phi) is 4.52. The molecule has 0 bridgehead atoms. The van der Waals surface area contributed by atoms with Gasteiger partial charge in [-0.3, -0.25) is 0 Å². The highest BCUT2D eigenvalue weighted by Crippen LogP contribution is 2.22. The first-order valence-electron chi connectivity index (χ1n) is 7.65. The van der Waals surface area contributed by atoms with Crippen LogP contribution in [0.4, 0.5) is 17.3 Å². The van der Waals surface area contributed by atoms with Crippen LogP contribution in [-0.4, -0.2) is 9.97 Å². The van der Waals surface area contributed by atoms with E-state index in [9.17, 15) is 0 Å². The van der Waals surface area contributed by atoms with Crippen molar-refractivity contribution in [3.63, 3.8) is 0 Å². The quantitative estimate of drug-likeness (QED) is 0.731. The maximum Gasteiger partial charge on any atom is 0.135 e. The lowest BCUT2D eigenvalue weighted by atomic mass is 10.1. The number of rotatable bonds is 5. The molecule has 0 saturated carbocycles. The van der Waals surface area contributed by atoms with Gasteiger partial charge in [-0.05, 0) is 36.6 Å². The Morgan fingerprint density at radius 2 is 1.65 bits per heavy atom. The average molecular weight is 304 g/mol. The number of hydrogen-bond acceptors (Lipinski definition) is 4. The van der Waals surface area contributed by atoms with Crippen LogP contribution in [0.3, 0.4) is 0 Å². The zero-order valence-corrected chi connectivity index (χ0v) is 13.4. The molecular formula is C19H20N4. The number of benzene rings is 2. The van der Waals surface area contributed by atoms with Gasteiger partial charge < -0.3 is 10.6 Å². The zero-order chi connectivity index (χ0) is 16.1. The molecule has 0 amide bonds. The largest absolute Gasteiger partial charge is 0.366 e. The molecule has 116 valence electrons. The average Bonchev–Trinajstić information content (AvgIpc) is 2.59. The lowest BCUT2D eigenvalue weighted by molar-refractivity contribution is 1.08. The van der Waals surface area contributed by atoms with Crippen LogP contribution in [0.15, 0.2) is 60.9 Å². The van der Waals surface area contributed by atoms with E-state index in [0.717, 1.165) is 23.9 Å². The Hall–Kier alpha value is -2.88. The summed E-state index contributed by atoms with van der Waals surface area (Å²) >= 11 is 0. The van der Waals surface area contributed by atoms with E-state index in [0.29, 0.717) is 0 Å². The summed E-state index contributed by atoms with van der Waals surface area (Å²) in [5.41, 5.74) is 4.77. The number of aryl methyl sites for hydroxylation is 1. The molecule has 0 aliphatic rings. The van der Waals surface area contributed by atoms with Crippen molar-refractivity contribution < 1.29 is 0 Å². The lowest BCUT2D eigenvalue weighted by Crippen LogP contribution is -2.03. The smallest absolute Gasteiger partial charge is 0.135 e. The van der Waals surface area contributed by atoms with Crippen LogP contribution in [0.5, 0.6) is 0 Å². The summed E-state index contributed by atoms with van der Waals surface area (Å²) in [6.07, 6.45) is 1.57. The first-order valence-corrected chi connectivity index (χ1v) is 7.65. The van der Waals surface area contributed by atoms with Crippen LogP contribution in [0.1, 0.15) is 16.7 Å². The van der Waals surface area contributed by atoms with Crippen molar-refractivity contribution in [2.24, 2.45) is 0 Å². The zero-order valence-electron chi connectivity index (χ0n) is 13.4. The number of nitrogens with zero attached hydrogens (tertiary/aromatic N) is 2. The molecule has 2 N–H and O–H groups in total. The molecule has 0 atom stereocenters. The summed E-state index contributed by atoms with van der Waals surface area (Å²) < 4.78 is 0. The number of aromatic nitrogens is 2. The second kappa shape index (κ2) is 6.92. The minimum absolute atomic E-state index is 0.737. The van der Waals surface area contributed by atoms with E-state index < -0.39 is 0 Å². The molecule has 4 heteroatoms. The molecule has 0 radical (unpaired) electrons. The third-order valence-electron chi connectivity index (χ3n) is 3.85. The van der Waals surface area contributed by atoms with Gasteiger partial charge in [-0.15, -0.1) is 0 Å². The van der Waals surface area contributed by atoms with E-state index >= 15 is 0 Å². The van der Waals surface area contributed by atoms with Gasteiger partial charge in [-0.25, -0.2) is 9.97 Å². The van der Waals surface area contributed by atoms with Crippen LogP contribution < -0.4 is 10.6 Å². The molecule has 2 aromatic carbocycles. The van der Waals surface area contributed by atoms with Crippen LogP contribution >= 0.6 is 0 Å². The SMILES string of the molecule is Cc1cccc(Nc2cc(NCc3ccccc3)ncn2)c1C. The molecule has 0 unspecified atom stereocenters. The van der Waals surface area contributed by atoms with Gasteiger partial charge in [0.15, 0.2) is 0 Å². The van der Waals surface area contributed by atoms with Gasteiger partial charge >= 0.3 is 0 Å². The third kappa shape index (κ3) is 3.86. The normalized spacial score (nSPS) is 10.3. The Balaban J connectivity index is 1.71. The van der Waals surface area contributed by atoms with Crippen LogP contribution in [0.2, 0.25) is 0 Å². The molecule has 23 heavy (non-hydrogen) atoms. The summed E-state index contributed by atoms with van der Waals surface area (Å²) in [5, 5.41) is 6.68. The molecule has 3 aromatic rings. The molecule has 0 aliphatic heterocycles. The van der Waals surface area contributed by atoms with Crippen molar-refractivity contribution in [3.05, 3.63) is 77.6 Å². The van der Waals surface area contributed by atoms with Crippen molar-refractivity contribution in [2.75, 3.05) is 10.6 Å². The molecule has 4 nitrogen and oxygen atoms in total. The fourth-order valence-electron chi connectivity index (χ4n) is 2.34. The lowest BCUT2D eigenvalue weighted by Gasteiger charge is -2.12. The van der Waals surface area contributed by atoms with Crippen molar-refractivity contribution >= 4 is 17.3 Å². The van der Waals surface area contributed by atoms with E-state index in [1.165, 1.54) is 16.7 Å². The second-order valence-corrected chi connectivity index (χ2v) is 5.50. The molecule has 1 heterocycles. The van der Waals surface area contributed by atoms with E-state index in [4.69, 9.17) is 0 Å². The summed E-state index contributed by atoms with van der Waals surface area (Å²) in [7, 11) is 0. The van der Waals surface area contributed by atoms with Gasteiger partial charge in [-0.1, -0.05) is 42.5 Å². The Morgan fingerprint density at radius 1 is 0.870 bits per heavy atom. The standard InChI is InChI=1S/C19H20N4/c1-14-7-6-10-17(15(14)2)23-19-11-18(21-13-22-19)20-12-16-8-4-3-5-9-16/h3-11,13H,12H2,1-2H3,(H2,20,21,22,23). The van der Waals surface area contributed by atoms with Gasteiger partial charge in [0.2, 0.25) is 0 Å². The fraction of sp³-hybridized carbons (Fsp3) is 0.158. The Morgan fingerprint density at radius 3 is 2.48 bits per heavy atom. The molecule has 0 fully saturated rings. The number of nitrogens with one attached hydrogen (secondary N) is 2. The predicted octanol–water partition coefficient (Wildman–Crippen LogP) is 4.45. The van der Waals surface area contributed by atoms with Gasteiger partial charge in [0.25, 0.3) is 0 Å². The van der Waals surface area contributed by atoms with E-state index in [-0.39, 0.29) is 0 Å². The van der Waals surface area contributed by atoms with Crippen LogP contribution in [-0.2, 0) is 6.54 Å². The number of anilines is 3. The summed E-state index contributed by atoms with van der Waals surface area (Å²) in [5.74, 6) is 1.58. The highest BCUT2D eigenvalue weighted by molar-refractivity contribution is 5.63. The monoisotopic (exact) mass is 304 g/mol. The Labute approximate surface area is 136 Å². The summed E-state index contributed by atoms with van der Waals surface area (Å²) in [4.78, 5) is 8.57. The van der Waals surface area contributed by atoms with Gasteiger partial charge in [-0.2, -0.15) is 0 Å². The minimum atomic E-state index is 0.737. The first kappa shape index (κ1) is 15.0. The third-order valence-corrected chi connectivity index (χ3v) is 3.85. The topological polar surface area (TPSA) is 49.8 Å². The van der Waals surface area contributed by atoms with E-state index in [1.54, 1.807) is 6.33 Å². The molecule has 1 aromatic heterocycles. The van der Waals surface area contributed by atoms with Crippen molar-refractivity contribution in [1.29, 1.82) is 0 Å². The van der Waals surface area contributed by atoms with Crippen LogP contribution in [0.25, 0.3) is 0 Å². The molecule has 0 spiro atoms. The Bertz CT molecular complexity index is 784. The highest BCUT2D eigenvalue weighted by Gasteiger charge is 2.03. The summed E-state index contributed by atoms with van der Waals surface area (Å²) in [6.45, 7) is 4.95. The molecule has 0 saturated heterocycles. The first-order chi connectivity index (χ1) is 11.2. The van der Waals surface area contributed by atoms with E-state index in [1.807, 2.05) is 30.3 Å². The van der Waals surface area contributed by atoms with Gasteiger partial charge in [0.05, 0.1) is 0 Å². The fourth-order valence-corrected chi connectivity index (χ4v) is 2.34. The molecule has 0 aliphatic carbocycles. The second-order valence-electron chi connectivity index (χ2n) is 5.50. The minimum Gasteiger partial charge on any atom is -0.366 e. The van der Waals surface area contributed by atoms with Gasteiger partial charge in [0.1, 0.15) is 18.0 Å².